The predicted octanol–water partition coefficient (Wildman–Crippen LogP) is 1.58. The first kappa shape index (κ1) is 11.3. The van der Waals surface area contributed by atoms with E-state index in [0.717, 1.165) is 25.9 Å². The lowest BCUT2D eigenvalue weighted by molar-refractivity contribution is 0.0511. The molecule has 1 saturated heterocycles. The summed E-state index contributed by atoms with van der Waals surface area (Å²) in [5, 5.41) is 10.2. The molecule has 1 aliphatic rings. The third kappa shape index (κ3) is 3.15. The zero-order chi connectivity index (χ0) is 9.84. The highest BCUT2D eigenvalue weighted by atomic mass is 32.2. The molecule has 1 aliphatic heterocycles. The fourth-order valence-electron chi connectivity index (χ4n) is 1.85. The molecule has 0 aliphatic carbocycles. The Balaban J connectivity index is 2.41. The number of nitrogens with zero attached hydrogens (tertiary/aromatic N) is 1. The van der Waals surface area contributed by atoms with E-state index >= 15 is 0 Å². The molecule has 1 rings (SSSR count). The van der Waals surface area contributed by atoms with Crippen LogP contribution in [0.5, 0.6) is 0 Å². The molecule has 0 aromatic carbocycles. The Hall–Kier alpha value is 0.270. The van der Waals surface area contributed by atoms with Crippen molar-refractivity contribution in [1.82, 2.24) is 4.90 Å². The van der Waals surface area contributed by atoms with Crippen LogP contribution in [0.25, 0.3) is 0 Å². The highest BCUT2D eigenvalue weighted by molar-refractivity contribution is 7.99. The van der Waals surface area contributed by atoms with Crippen LogP contribution in [0.4, 0.5) is 0 Å². The van der Waals surface area contributed by atoms with Crippen molar-refractivity contribution in [3.8, 4) is 0 Å². The zero-order valence-electron chi connectivity index (χ0n) is 8.86. The smallest absolute Gasteiger partial charge is 0.0667 e. The van der Waals surface area contributed by atoms with Crippen LogP contribution in [-0.4, -0.2) is 46.7 Å². The van der Waals surface area contributed by atoms with Crippen molar-refractivity contribution in [2.45, 2.75) is 44.1 Å². The van der Waals surface area contributed by atoms with Gasteiger partial charge in [-0.3, -0.25) is 4.90 Å². The van der Waals surface area contributed by atoms with Gasteiger partial charge in [0.2, 0.25) is 0 Å². The summed E-state index contributed by atoms with van der Waals surface area (Å²) in [6, 6.07) is 0.588. The van der Waals surface area contributed by atoms with E-state index in [-0.39, 0.29) is 6.10 Å². The van der Waals surface area contributed by atoms with Crippen LogP contribution in [0, 0.1) is 0 Å². The van der Waals surface area contributed by atoms with Crippen LogP contribution in [-0.2, 0) is 0 Å². The van der Waals surface area contributed by atoms with Gasteiger partial charge in [0.05, 0.1) is 6.10 Å². The molecule has 1 N–H and O–H groups in total. The van der Waals surface area contributed by atoms with E-state index in [0.29, 0.717) is 11.3 Å². The number of piperidine rings is 1. The first-order chi connectivity index (χ1) is 6.15. The molecule has 0 spiro atoms. The SMILES string of the molecule is CSC(C)[C@H](C)N1CCC[C@H](O)C1. The van der Waals surface area contributed by atoms with Crippen LogP contribution < -0.4 is 0 Å². The summed E-state index contributed by atoms with van der Waals surface area (Å²) in [4.78, 5) is 2.41. The standard InChI is InChI=1S/C10H21NOS/c1-8(9(2)13-3)11-6-4-5-10(12)7-11/h8-10,12H,4-7H2,1-3H3/t8-,9?,10-/m0/s1. The summed E-state index contributed by atoms with van der Waals surface area (Å²) >= 11 is 1.90. The van der Waals surface area contributed by atoms with Crippen LogP contribution in [0.3, 0.4) is 0 Å². The molecule has 78 valence electrons. The quantitative estimate of drug-likeness (QED) is 0.753. The highest BCUT2D eigenvalue weighted by Gasteiger charge is 2.24. The van der Waals surface area contributed by atoms with E-state index in [2.05, 4.69) is 25.0 Å². The van der Waals surface area contributed by atoms with Crippen molar-refractivity contribution < 1.29 is 5.11 Å². The van der Waals surface area contributed by atoms with Crippen LogP contribution >= 0.6 is 11.8 Å². The summed E-state index contributed by atoms with van der Waals surface area (Å²) in [5.74, 6) is 0. The number of rotatable bonds is 3. The monoisotopic (exact) mass is 203 g/mol. The maximum Gasteiger partial charge on any atom is 0.0667 e. The van der Waals surface area contributed by atoms with Crippen molar-refractivity contribution in [2.24, 2.45) is 0 Å². The van der Waals surface area contributed by atoms with Gasteiger partial charge in [0.25, 0.3) is 0 Å². The average molecular weight is 203 g/mol. The van der Waals surface area contributed by atoms with Gasteiger partial charge in [-0.1, -0.05) is 6.92 Å². The fraction of sp³-hybridized carbons (Fsp3) is 1.00. The highest BCUT2D eigenvalue weighted by Crippen LogP contribution is 2.19. The summed E-state index contributed by atoms with van der Waals surface area (Å²) in [5.41, 5.74) is 0. The third-order valence-electron chi connectivity index (χ3n) is 3.06. The number of β-amino-alcohol motifs (C(OH)–C–C–N with tert-alkyl or cyclic N) is 1. The number of hydrogen-bond acceptors (Lipinski definition) is 3. The van der Waals surface area contributed by atoms with E-state index in [1.165, 1.54) is 0 Å². The number of thioether (sulfide) groups is 1. The van der Waals surface area contributed by atoms with Crippen molar-refractivity contribution in [2.75, 3.05) is 19.3 Å². The van der Waals surface area contributed by atoms with E-state index in [1.54, 1.807) is 0 Å². The lowest BCUT2D eigenvalue weighted by Crippen LogP contribution is -2.46. The lowest BCUT2D eigenvalue weighted by Gasteiger charge is -2.37. The summed E-state index contributed by atoms with van der Waals surface area (Å²) in [6.07, 6.45) is 4.19. The van der Waals surface area contributed by atoms with Gasteiger partial charge in [-0.25, -0.2) is 0 Å². The molecule has 0 amide bonds. The number of hydrogen-bond donors (Lipinski definition) is 1. The molecule has 3 heteroatoms. The Bertz CT molecular complexity index is 154. The van der Waals surface area contributed by atoms with Gasteiger partial charge in [-0.05, 0) is 32.6 Å². The second-order valence-corrected chi connectivity index (χ2v) is 5.19. The Kier molecular flexibility index (Phi) is 4.56. The molecule has 1 fully saturated rings. The van der Waals surface area contributed by atoms with Gasteiger partial charge >= 0.3 is 0 Å². The van der Waals surface area contributed by atoms with Gasteiger partial charge in [-0.2, -0.15) is 11.8 Å². The maximum absolute atomic E-state index is 9.53. The molecule has 0 aromatic rings. The molecular formula is C10H21NOS. The van der Waals surface area contributed by atoms with Gasteiger partial charge in [-0.15, -0.1) is 0 Å². The minimum Gasteiger partial charge on any atom is -0.392 e. The van der Waals surface area contributed by atoms with Gasteiger partial charge in [0.1, 0.15) is 0 Å². The first-order valence-electron chi connectivity index (χ1n) is 5.10. The molecular weight excluding hydrogens is 182 g/mol. The summed E-state index contributed by atoms with van der Waals surface area (Å²) in [7, 11) is 0. The Labute approximate surface area is 85.7 Å². The average Bonchev–Trinajstić information content (AvgIpc) is 2.15. The van der Waals surface area contributed by atoms with Crippen molar-refractivity contribution in [1.29, 1.82) is 0 Å². The molecule has 0 radical (unpaired) electrons. The summed E-state index contributed by atoms with van der Waals surface area (Å²) in [6.45, 7) is 6.55. The predicted molar refractivity (Wildman–Crippen MR) is 59.3 cm³/mol. The van der Waals surface area contributed by atoms with E-state index in [9.17, 15) is 5.11 Å². The topological polar surface area (TPSA) is 23.5 Å². The first-order valence-corrected chi connectivity index (χ1v) is 6.39. The zero-order valence-corrected chi connectivity index (χ0v) is 9.68. The second kappa shape index (κ2) is 5.23. The second-order valence-electron chi connectivity index (χ2n) is 3.97. The number of aliphatic hydroxyl groups is 1. The van der Waals surface area contributed by atoms with Gasteiger partial charge in [0, 0.05) is 17.8 Å². The third-order valence-corrected chi connectivity index (χ3v) is 4.19. The van der Waals surface area contributed by atoms with Crippen LogP contribution in [0.1, 0.15) is 26.7 Å². The minimum atomic E-state index is -0.0924. The molecule has 3 atom stereocenters. The number of aliphatic hydroxyl groups excluding tert-OH is 1. The number of likely N-dealkylation sites (tertiary alicyclic amines) is 1. The Morgan fingerprint density at radius 2 is 2.15 bits per heavy atom. The van der Waals surface area contributed by atoms with E-state index in [1.807, 2.05) is 11.8 Å². The van der Waals surface area contributed by atoms with Crippen molar-refractivity contribution in [3.05, 3.63) is 0 Å². The normalized spacial score (nSPS) is 30.0. The molecule has 13 heavy (non-hydrogen) atoms. The Morgan fingerprint density at radius 3 is 2.69 bits per heavy atom. The van der Waals surface area contributed by atoms with Crippen molar-refractivity contribution >= 4 is 11.8 Å². The molecule has 0 aromatic heterocycles. The summed E-state index contributed by atoms with van der Waals surface area (Å²) < 4.78 is 0. The molecule has 2 nitrogen and oxygen atoms in total. The van der Waals surface area contributed by atoms with Gasteiger partial charge in [0.15, 0.2) is 0 Å². The van der Waals surface area contributed by atoms with E-state index in [4.69, 9.17) is 0 Å². The van der Waals surface area contributed by atoms with E-state index < -0.39 is 0 Å². The largest absolute Gasteiger partial charge is 0.392 e. The molecule has 1 unspecified atom stereocenters. The Morgan fingerprint density at radius 1 is 1.46 bits per heavy atom. The lowest BCUT2D eigenvalue weighted by atomic mass is 10.1. The molecule has 1 heterocycles. The van der Waals surface area contributed by atoms with Crippen LogP contribution in [0.15, 0.2) is 0 Å². The van der Waals surface area contributed by atoms with Gasteiger partial charge < -0.3 is 5.11 Å². The minimum absolute atomic E-state index is 0.0924. The molecule has 0 saturated carbocycles. The fourth-order valence-corrected chi connectivity index (χ4v) is 2.41. The van der Waals surface area contributed by atoms with Crippen molar-refractivity contribution in [3.63, 3.8) is 0 Å². The molecule has 0 bridgehead atoms. The van der Waals surface area contributed by atoms with Crippen LogP contribution in [0.2, 0.25) is 0 Å². The maximum atomic E-state index is 9.53.